The van der Waals surface area contributed by atoms with Gasteiger partial charge in [0.05, 0.1) is 0 Å². The molecule has 4 aliphatic heterocycles. The Kier molecular flexibility index (Phi) is 14.6. The molecule has 0 radical (unpaired) electrons. The van der Waals surface area contributed by atoms with Gasteiger partial charge in [-0.2, -0.15) is 0 Å². The lowest BCUT2D eigenvalue weighted by molar-refractivity contribution is 0.0964. The Morgan fingerprint density at radius 3 is 0.803 bits per heavy atom. The molecule has 4 heterocycles. The third kappa shape index (κ3) is 8.38. The van der Waals surface area contributed by atoms with Crippen LogP contribution in [0.2, 0.25) is 0 Å². The van der Waals surface area contributed by atoms with E-state index >= 15 is 0 Å². The molecule has 10 heteroatoms. The Morgan fingerprint density at radius 2 is 0.591 bits per heavy atom. The molecule has 4 aromatic carbocycles. The van der Waals surface area contributed by atoms with Crippen LogP contribution in [-0.4, -0.2) is 27.2 Å². The van der Waals surface area contributed by atoms with Crippen LogP contribution < -0.4 is 37.9 Å². The number of unbranched alkanes of at least 4 members (excludes halogenated alkanes) is 8. The summed E-state index contributed by atoms with van der Waals surface area (Å²) in [5.41, 5.74) is 9.59. The number of benzene rings is 4. The molecule has 0 saturated carbocycles. The Bertz CT molecular complexity index is 2230. The van der Waals surface area contributed by atoms with Crippen LogP contribution in [0.1, 0.15) is 210 Å². The van der Waals surface area contributed by atoms with Gasteiger partial charge in [-0.15, -0.1) is 12.8 Å². The molecular weight excluding hydrogens is 960 g/mol. The summed E-state index contributed by atoms with van der Waals surface area (Å²) in [5.74, 6) is 10.8. The maximum Gasteiger partial charge on any atom is 0.231 e. The third-order valence-electron chi connectivity index (χ3n) is 14.4. The van der Waals surface area contributed by atoms with Crippen molar-refractivity contribution in [2.75, 3.05) is 27.2 Å². The maximum absolute atomic E-state index is 6.72. The lowest BCUT2D eigenvalue weighted by Gasteiger charge is -2.36. The number of ether oxygens (including phenoxy) is 8. The van der Waals surface area contributed by atoms with Crippen LogP contribution in [0.4, 0.5) is 0 Å². The summed E-state index contributed by atoms with van der Waals surface area (Å²) in [6.07, 6.45) is 29.2. The summed E-state index contributed by atoms with van der Waals surface area (Å²) in [6.45, 7) is 8.71. The van der Waals surface area contributed by atoms with E-state index in [1.807, 2.05) is 0 Å². The third-order valence-corrected chi connectivity index (χ3v) is 15.8. The summed E-state index contributed by atoms with van der Waals surface area (Å²) in [7, 11) is 0. The van der Waals surface area contributed by atoms with Crippen molar-refractivity contribution in [2.45, 2.75) is 154 Å². The van der Waals surface area contributed by atoms with Crippen LogP contribution in [0.15, 0.2) is 33.2 Å². The van der Waals surface area contributed by atoms with Gasteiger partial charge in [-0.3, -0.25) is 0 Å². The molecule has 0 saturated heterocycles. The Labute approximate surface area is 408 Å². The zero-order chi connectivity index (χ0) is 45.9. The van der Waals surface area contributed by atoms with Crippen LogP contribution >= 0.6 is 31.9 Å². The van der Waals surface area contributed by atoms with Crippen molar-refractivity contribution in [3.8, 4) is 70.7 Å². The molecule has 0 N–H and O–H groups in total. The predicted octanol–water partition coefficient (Wildman–Crippen LogP) is 15.3. The maximum atomic E-state index is 6.72. The van der Waals surface area contributed by atoms with E-state index < -0.39 is 0 Å². The molecule has 1 aliphatic carbocycles. The first-order chi connectivity index (χ1) is 32.4. The second kappa shape index (κ2) is 20.7. The van der Waals surface area contributed by atoms with Gasteiger partial charge in [0.1, 0.15) is 66.1 Å². The topological polar surface area (TPSA) is 73.8 Å². The van der Waals surface area contributed by atoms with E-state index in [4.69, 9.17) is 50.7 Å². The molecule has 0 amide bonds. The molecule has 0 spiro atoms. The van der Waals surface area contributed by atoms with Gasteiger partial charge in [-0.1, -0.05) is 117 Å². The number of terminal acetylenes is 2. The lowest BCUT2D eigenvalue weighted by atomic mass is 9.75. The van der Waals surface area contributed by atoms with Gasteiger partial charge in [-0.25, -0.2) is 0 Å². The molecule has 4 atom stereocenters. The van der Waals surface area contributed by atoms with E-state index in [1.165, 1.54) is 0 Å². The first kappa shape index (κ1) is 46.5. The van der Waals surface area contributed by atoms with Crippen molar-refractivity contribution in [1.82, 2.24) is 0 Å². The smallest absolute Gasteiger partial charge is 0.231 e. The van der Waals surface area contributed by atoms with Crippen molar-refractivity contribution in [3.63, 3.8) is 0 Å². The molecule has 8 bridgehead atoms. The first-order valence-electron chi connectivity index (χ1n) is 24.5. The van der Waals surface area contributed by atoms with Crippen molar-refractivity contribution in [2.24, 2.45) is 0 Å². The summed E-state index contributed by atoms with van der Waals surface area (Å²) in [5, 5.41) is 0. The minimum atomic E-state index is -0.150. The average molecular weight is 1020 g/mol. The van der Waals surface area contributed by atoms with Crippen molar-refractivity contribution < 1.29 is 37.9 Å². The first-order valence-corrected chi connectivity index (χ1v) is 26.1. The highest BCUT2D eigenvalue weighted by Gasteiger charge is 2.41. The second-order valence-electron chi connectivity index (χ2n) is 18.3. The van der Waals surface area contributed by atoms with Gasteiger partial charge in [0.2, 0.25) is 27.2 Å². The highest BCUT2D eigenvalue weighted by molar-refractivity contribution is 9.11. The Morgan fingerprint density at radius 1 is 0.379 bits per heavy atom. The van der Waals surface area contributed by atoms with E-state index in [1.54, 1.807) is 0 Å². The molecule has 9 rings (SSSR count). The summed E-state index contributed by atoms with van der Waals surface area (Å²) < 4.78 is 55.2. The number of hydrogen-bond acceptors (Lipinski definition) is 8. The number of halogens is 2. The minimum Gasteiger partial charge on any atom is -0.456 e. The quantitative estimate of drug-likeness (QED) is 0.0812. The fourth-order valence-corrected chi connectivity index (χ4v) is 12.5. The van der Waals surface area contributed by atoms with Crippen LogP contribution in [0.3, 0.4) is 0 Å². The summed E-state index contributed by atoms with van der Waals surface area (Å²) in [4.78, 5) is 0. The van der Waals surface area contributed by atoms with Crippen LogP contribution in [0.25, 0.3) is 0 Å². The normalized spacial score (nSPS) is 19.2. The van der Waals surface area contributed by atoms with E-state index in [0.29, 0.717) is 57.1 Å². The number of rotatable bonds is 16. The van der Waals surface area contributed by atoms with Crippen LogP contribution in [-0.2, 0) is 0 Å². The lowest BCUT2D eigenvalue weighted by Crippen LogP contribution is -2.24. The molecular formula is C56H62Br2O8. The van der Waals surface area contributed by atoms with E-state index in [0.717, 1.165) is 156 Å². The fourth-order valence-electron chi connectivity index (χ4n) is 11.1. The highest BCUT2D eigenvalue weighted by atomic mass is 79.9. The van der Waals surface area contributed by atoms with Crippen LogP contribution in [0, 0.1) is 24.7 Å². The minimum absolute atomic E-state index is 0.0682. The average Bonchev–Trinajstić information content (AvgIpc) is 3.30. The van der Waals surface area contributed by atoms with Gasteiger partial charge in [0, 0.05) is 68.2 Å². The predicted molar refractivity (Wildman–Crippen MR) is 265 cm³/mol. The van der Waals surface area contributed by atoms with Crippen LogP contribution in [0.5, 0.6) is 46.0 Å². The second-order valence-corrected chi connectivity index (χ2v) is 19.9. The van der Waals surface area contributed by atoms with Gasteiger partial charge in [-0.05, 0) is 81.8 Å². The van der Waals surface area contributed by atoms with E-state index in [-0.39, 0.29) is 50.8 Å². The molecule has 8 nitrogen and oxygen atoms in total. The van der Waals surface area contributed by atoms with Gasteiger partial charge < -0.3 is 37.9 Å². The standard InChI is InChI=1S/C56H62Br2O8/c1-7-13-17-21-35-39-25-40-36(22-18-14-8-2)45-28-46-38(24-20-16-10-4)42-26-41-37(23-19-15-9-3)44-27-43(35)53-47(57)54(44)64-31-61-51(41)34(12-6)52(42)62-32-66-56(46)48(58)55(45)65-30-60-50(40)33(11-5)49(39)59-29-63-53/h5-6,25-28,35-38H,7-10,13-24,29-32H2,1-4H3. The van der Waals surface area contributed by atoms with Gasteiger partial charge in [0.15, 0.2) is 0 Å². The molecule has 0 aromatic heterocycles. The molecule has 4 aromatic rings. The SMILES string of the molecule is C#Cc1c2c3cc4c1OCOc1c(cc5c(c1Br)OCOc1c(cc6c(c1C#C)OCOc1c(cc(c(c1Br)OCO2)C3CCCCC)C6CCCCC)C5CCCCC)C4CCCCC. The molecule has 0 fully saturated rings. The van der Waals surface area contributed by atoms with Crippen molar-refractivity contribution in [3.05, 3.63) is 88.8 Å². The largest absolute Gasteiger partial charge is 0.456 e. The molecule has 348 valence electrons. The number of hydrogen-bond donors (Lipinski definition) is 0. The zero-order valence-electron chi connectivity index (χ0n) is 38.9. The van der Waals surface area contributed by atoms with Crippen molar-refractivity contribution in [1.29, 1.82) is 0 Å². The van der Waals surface area contributed by atoms with E-state index in [2.05, 4.69) is 95.7 Å². The Hall–Kier alpha value is -4.64. The monoisotopic (exact) mass is 1020 g/mol. The fraction of sp³-hybridized carbons (Fsp3) is 0.500. The van der Waals surface area contributed by atoms with E-state index in [9.17, 15) is 0 Å². The summed E-state index contributed by atoms with van der Waals surface area (Å²) >= 11 is 8.18. The van der Waals surface area contributed by atoms with Gasteiger partial charge >= 0.3 is 0 Å². The highest BCUT2D eigenvalue weighted by Crippen LogP contribution is 2.59. The Balaban J connectivity index is 1.46. The zero-order valence-corrected chi connectivity index (χ0v) is 42.1. The van der Waals surface area contributed by atoms with Crippen molar-refractivity contribution >= 4 is 31.9 Å². The molecule has 5 aliphatic rings. The molecule has 66 heavy (non-hydrogen) atoms. The summed E-state index contributed by atoms with van der Waals surface area (Å²) in [6, 6.07) is 9.43. The van der Waals surface area contributed by atoms with Gasteiger partial charge in [0.25, 0.3) is 0 Å². The molecule has 4 unspecified atom stereocenters.